The fraction of sp³-hybridized carbons (Fsp3) is 0.217. The van der Waals surface area contributed by atoms with Gasteiger partial charge in [0.25, 0.3) is 5.91 Å². The zero-order valence-corrected chi connectivity index (χ0v) is 17.3. The van der Waals surface area contributed by atoms with Crippen LogP contribution in [0.25, 0.3) is 22.2 Å². The number of para-hydroxylation sites is 2. The van der Waals surface area contributed by atoms with Crippen molar-refractivity contribution in [1.82, 2.24) is 20.0 Å². The van der Waals surface area contributed by atoms with Crippen molar-refractivity contribution in [1.29, 1.82) is 0 Å². The highest BCUT2D eigenvalue weighted by Crippen LogP contribution is 2.27. The first-order chi connectivity index (χ1) is 14.4. The molecular weight excluding hydrogens is 376 g/mol. The normalized spacial score (nSPS) is 11.7. The number of aryl methyl sites for hydroxylation is 1. The average molecular weight is 400 g/mol. The molecule has 4 aromatic rings. The van der Waals surface area contributed by atoms with Crippen LogP contribution in [-0.4, -0.2) is 33.3 Å². The highest BCUT2D eigenvalue weighted by Gasteiger charge is 2.24. The van der Waals surface area contributed by atoms with Crippen molar-refractivity contribution in [3.63, 3.8) is 0 Å². The highest BCUT2D eigenvalue weighted by molar-refractivity contribution is 6.10. The fourth-order valence-corrected chi connectivity index (χ4v) is 3.25. The molecule has 7 nitrogen and oxygen atoms in total. The molecule has 0 bridgehead atoms. The van der Waals surface area contributed by atoms with E-state index in [1.54, 1.807) is 6.21 Å². The van der Waals surface area contributed by atoms with Crippen LogP contribution in [0.15, 0.2) is 53.6 Å². The van der Waals surface area contributed by atoms with Crippen molar-refractivity contribution < 1.29 is 4.79 Å². The lowest BCUT2D eigenvalue weighted by Gasteiger charge is -2.07. The van der Waals surface area contributed by atoms with Gasteiger partial charge in [0.1, 0.15) is 16.9 Å². The first-order valence-corrected chi connectivity index (χ1v) is 9.90. The van der Waals surface area contributed by atoms with E-state index in [0.29, 0.717) is 40.2 Å². The van der Waals surface area contributed by atoms with Gasteiger partial charge in [0.15, 0.2) is 5.65 Å². The largest absolute Gasteiger partial charge is 0.383 e. The molecule has 0 aliphatic heterocycles. The maximum atomic E-state index is 12.9. The molecule has 7 heteroatoms. The number of anilines is 1. The fourth-order valence-electron chi connectivity index (χ4n) is 3.25. The topological polar surface area (TPSA) is 98.2 Å². The summed E-state index contributed by atoms with van der Waals surface area (Å²) in [6.07, 6.45) is 1.70. The van der Waals surface area contributed by atoms with Crippen LogP contribution in [0, 0.1) is 12.8 Å². The van der Waals surface area contributed by atoms with Gasteiger partial charge in [0.2, 0.25) is 0 Å². The quantitative estimate of drug-likeness (QED) is 0.499. The van der Waals surface area contributed by atoms with E-state index in [0.717, 1.165) is 11.1 Å². The van der Waals surface area contributed by atoms with E-state index in [-0.39, 0.29) is 11.7 Å². The molecule has 3 N–H and O–H groups in total. The first kappa shape index (κ1) is 19.6. The summed E-state index contributed by atoms with van der Waals surface area (Å²) in [6.45, 7) is 6.63. The molecule has 0 atom stereocenters. The maximum absolute atomic E-state index is 12.9. The first-order valence-electron chi connectivity index (χ1n) is 9.90. The number of amides is 1. The van der Waals surface area contributed by atoms with Crippen LogP contribution in [0.1, 0.15) is 35.3 Å². The summed E-state index contributed by atoms with van der Waals surface area (Å²) in [5, 5.41) is 7.46. The van der Waals surface area contributed by atoms with Gasteiger partial charge in [-0.05, 0) is 30.5 Å². The number of nitrogen functional groups attached to an aromatic ring is 1. The van der Waals surface area contributed by atoms with Gasteiger partial charge in [0, 0.05) is 6.54 Å². The van der Waals surface area contributed by atoms with Gasteiger partial charge < -0.3 is 11.1 Å². The number of rotatable bonds is 5. The Morgan fingerprint density at radius 2 is 1.90 bits per heavy atom. The van der Waals surface area contributed by atoms with Gasteiger partial charge >= 0.3 is 0 Å². The summed E-state index contributed by atoms with van der Waals surface area (Å²) < 4.78 is 1.49. The van der Waals surface area contributed by atoms with E-state index in [4.69, 9.17) is 10.7 Å². The number of carbonyl (C=O) groups is 1. The van der Waals surface area contributed by atoms with Gasteiger partial charge in [-0.2, -0.15) is 9.78 Å². The van der Waals surface area contributed by atoms with E-state index in [2.05, 4.69) is 15.4 Å². The Balaban J connectivity index is 1.89. The molecular formula is C23H24N6O. The number of carbonyl (C=O) groups excluding carboxylic acids is 1. The minimum atomic E-state index is -0.278. The van der Waals surface area contributed by atoms with Crippen molar-refractivity contribution in [2.45, 2.75) is 20.8 Å². The zero-order valence-electron chi connectivity index (χ0n) is 17.3. The average Bonchev–Trinajstić information content (AvgIpc) is 2.99. The predicted octanol–water partition coefficient (Wildman–Crippen LogP) is 3.74. The molecule has 0 unspecified atom stereocenters. The molecule has 30 heavy (non-hydrogen) atoms. The molecule has 0 radical (unpaired) electrons. The lowest BCUT2D eigenvalue weighted by molar-refractivity contribution is 0.0951. The third-order valence-corrected chi connectivity index (χ3v) is 4.74. The Morgan fingerprint density at radius 1 is 1.17 bits per heavy atom. The molecule has 4 rings (SSSR count). The van der Waals surface area contributed by atoms with Crippen LogP contribution < -0.4 is 11.1 Å². The smallest absolute Gasteiger partial charge is 0.257 e. The number of hydrogen-bond donors (Lipinski definition) is 2. The van der Waals surface area contributed by atoms with Gasteiger partial charge in [-0.3, -0.25) is 4.79 Å². The molecule has 152 valence electrons. The van der Waals surface area contributed by atoms with Crippen molar-refractivity contribution in [2.75, 3.05) is 12.3 Å². The molecule has 0 spiro atoms. The number of hydrogen-bond acceptors (Lipinski definition) is 5. The molecule has 0 saturated heterocycles. The number of nitrogens with one attached hydrogen (secondary N) is 1. The van der Waals surface area contributed by atoms with Crippen LogP contribution in [0.2, 0.25) is 0 Å². The van der Waals surface area contributed by atoms with E-state index in [1.807, 2.05) is 69.3 Å². The second kappa shape index (κ2) is 7.94. The minimum absolute atomic E-state index is 0.213. The Kier molecular flexibility index (Phi) is 5.18. The molecule has 0 fully saturated rings. The van der Waals surface area contributed by atoms with Crippen LogP contribution in [0.3, 0.4) is 0 Å². The van der Waals surface area contributed by atoms with Crippen molar-refractivity contribution in [3.05, 3.63) is 65.2 Å². The summed E-state index contributed by atoms with van der Waals surface area (Å²) >= 11 is 0. The van der Waals surface area contributed by atoms with Gasteiger partial charge in [-0.15, -0.1) is 0 Å². The number of nitrogens with zero attached hydrogens (tertiary/aromatic N) is 4. The molecule has 1 amide bonds. The van der Waals surface area contributed by atoms with E-state index < -0.39 is 0 Å². The highest BCUT2D eigenvalue weighted by atomic mass is 16.1. The summed E-state index contributed by atoms with van der Waals surface area (Å²) in [7, 11) is 0. The van der Waals surface area contributed by atoms with Crippen LogP contribution in [0.5, 0.6) is 0 Å². The molecule has 0 aliphatic carbocycles. The van der Waals surface area contributed by atoms with Crippen molar-refractivity contribution >= 4 is 40.1 Å². The Bertz CT molecular complexity index is 1270. The monoisotopic (exact) mass is 400 g/mol. The number of aromatic nitrogens is 3. The lowest BCUT2D eigenvalue weighted by Crippen LogP contribution is -2.28. The van der Waals surface area contributed by atoms with Crippen molar-refractivity contribution in [3.8, 4) is 0 Å². The van der Waals surface area contributed by atoms with Gasteiger partial charge in [-0.25, -0.2) is 9.97 Å². The standard InChI is InChI=1S/C23H24N6O/c1-14(2)12-25-23(30)19-20-22(28-18-10-5-4-9-17(18)27-20)29(21(19)24)26-13-16-8-6-7-15(3)11-16/h4-11,13-14H,12,24H2,1-3H3,(H,25,30)/b26-13-. The minimum Gasteiger partial charge on any atom is -0.383 e. The number of nitrogens with two attached hydrogens (primary N) is 1. The SMILES string of the molecule is Cc1cccc(/C=N\n2c(N)c(C(=O)NCC(C)C)c3nc4ccccc4nc32)c1. The number of fused-ring (bicyclic) bond motifs is 2. The molecule has 0 aliphatic rings. The van der Waals surface area contributed by atoms with E-state index in [9.17, 15) is 4.79 Å². The molecule has 0 saturated carbocycles. The summed E-state index contributed by atoms with van der Waals surface area (Å²) in [4.78, 5) is 22.3. The Morgan fingerprint density at radius 3 is 2.60 bits per heavy atom. The second-order valence-electron chi connectivity index (χ2n) is 7.72. The Labute approximate surface area is 174 Å². The van der Waals surface area contributed by atoms with E-state index in [1.165, 1.54) is 4.68 Å². The van der Waals surface area contributed by atoms with E-state index >= 15 is 0 Å². The molecule has 2 heterocycles. The van der Waals surface area contributed by atoms with Gasteiger partial charge in [0.05, 0.1) is 17.2 Å². The third-order valence-electron chi connectivity index (χ3n) is 4.74. The second-order valence-corrected chi connectivity index (χ2v) is 7.72. The summed E-state index contributed by atoms with van der Waals surface area (Å²) in [6, 6.07) is 15.5. The Hall–Kier alpha value is -3.74. The zero-order chi connectivity index (χ0) is 21.3. The summed E-state index contributed by atoms with van der Waals surface area (Å²) in [5.74, 6) is 0.250. The predicted molar refractivity (Wildman–Crippen MR) is 121 cm³/mol. The number of benzene rings is 2. The summed E-state index contributed by atoms with van der Waals surface area (Å²) in [5.41, 5.74) is 11.0. The lowest BCUT2D eigenvalue weighted by atomic mass is 10.2. The maximum Gasteiger partial charge on any atom is 0.257 e. The van der Waals surface area contributed by atoms with Crippen LogP contribution in [0.4, 0.5) is 5.82 Å². The molecule has 2 aromatic heterocycles. The van der Waals surface area contributed by atoms with Crippen LogP contribution in [-0.2, 0) is 0 Å². The van der Waals surface area contributed by atoms with Crippen molar-refractivity contribution in [2.24, 2.45) is 11.0 Å². The third kappa shape index (κ3) is 3.74. The van der Waals surface area contributed by atoms with Gasteiger partial charge in [-0.1, -0.05) is 55.8 Å². The van der Waals surface area contributed by atoms with Crippen LogP contribution >= 0.6 is 0 Å². The molecule has 2 aromatic carbocycles.